The minimum absolute atomic E-state index is 0.329. The topological polar surface area (TPSA) is 72.2 Å². The molecule has 0 radical (unpaired) electrons. The molecule has 3 rings (SSSR count). The minimum Gasteiger partial charge on any atom is -0.296 e. The third kappa shape index (κ3) is 4.04. The third-order valence-electron chi connectivity index (χ3n) is 3.80. The van der Waals surface area contributed by atoms with E-state index in [1.54, 1.807) is 24.3 Å². The molecule has 25 heavy (non-hydrogen) atoms. The summed E-state index contributed by atoms with van der Waals surface area (Å²) in [6.07, 6.45) is 0. The van der Waals surface area contributed by atoms with Crippen molar-refractivity contribution in [2.45, 2.75) is 6.04 Å². The summed E-state index contributed by atoms with van der Waals surface area (Å²) in [7, 11) is -3.23. The average molecular weight is 372 g/mol. The van der Waals surface area contributed by atoms with Crippen molar-refractivity contribution in [3.63, 3.8) is 0 Å². The lowest BCUT2D eigenvalue weighted by atomic mass is 10.2. The van der Waals surface area contributed by atoms with E-state index in [0.29, 0.717) is 10.6 Å². The van der Waals surface area contributed by atoms with Crippen molar-refractivity contribution in [2.75, 3.05) is 6.54 Å². The van der Waals surface area contributed by atoms with Crippen LogP contribution in [0.1, 0.15) is 10.9 Å². The van der Waals surface area contributed by atoms with Crippen LogP contribution in [0.3, 0.4) is 0 Å². The molecule has 1 aromatic heterocycles. The van der Waals surface area contributed by atoms with Crippen molar-refractivity contribution in [3.8, 4) is 0 Å². The van der Waals surface area contributed by atoms with Crippen LogP contribution in [0.2, 0.25) is 0 Å². The molecule has 5 nitrogen and oxygen atoms in total. The van der Waals surface area contributed by atoms with Gasteiger partial charge in [0.1, 0.15) is 6.04 Å². The average Bonchev–Trinajstić information content (AvgIpc) is 3.17. The highest BCUT2D eigenvalue weighted by molar-refractivity contribution is 7.76. The molecular formula is C18H17N2O3PS. The number of hydrogen-bond acceptors (Lipinski definition) is 4. The molecule has 0 bridgehead atoms. The first-order valence-electron chi connectivity index (χ1n) is 7.74. The van der Waals surface area contributed by atoms with Crippen molar-refractivity contribution >= 4 is 29.2 Å². The van der Waals surface area contributed by atoms with E-state index in [0.717, 1.165) is 4.88 Å². The SMILES string of the molecule is O=[N+]([O-])C[C@@H](NP(=O)(c1ccccc1)c1ccccc1)c1cccs1. The van der Waals surface area contributed by atoms with Crippen molar-refractivity contribution in [3.05, 3.63) is 93.2 Å². The van der Waals surface area contributed by atoms with E-state index in [1.807, 2.05) is 53.9 Å². The standard InChI is InChI=1S/C18H17N2O3PS/c21-20(22)14-17(18-12-7-13-25-18)19-24(23,15-8-3-1-4-9-15)16-10-5-2-6-11-16/h1-13,17H,14H2,(H,19,23)/t17-/m1/s1. The van der Waals surface area contributed by atoms with Crippen LogP contribution in [-0.4, -0.2) is 11.5 Å². The second-order valence-electron chi connectivity index (χ2n) is 5.49. The van der Waals surface area contributed by atoms with E-state index in [1.165, 1.54) is 11.3 Å². The van der Waals surface area contributed by atoms with Crippen LogP contribution in [0.4, 0.5) is 0 Å². The maximum atomic E-state index is 14.0. The van der Waals surface area contributed by atoms with E-state index in [9.17, 15) is 14.7 Å². The molecule has 3 aromatic rings. The fourth-order valence-corrected chi connectivity index (χ4v) is 5.92. The van der Waals surface area contributed by atoms with E-state index < -0.39 is 13.3 Å². The summed E-state index contributed by atoms with van der Waals surface area (Å²) < 4.78 is 14.0. The third-order valence-corrected chi connectivity index (χ3v) is 7.51. The zero-order valence-corrected chi connectivity index (χ0v) is 15.0. The first kappa shape index (κ1) is 17.5. The molecule has 0 unspecified atom stereocenters. The lowest BCUT2D eigenvalue weighted by Gasteiger charge is -2.24. The van der Waals surface area contributed by atoms with Gasteiger partial charge in [-0.15, -0.1) is 11.3 Å². The van der Waals surface area contributed by atoms with Crippen LogP contribution in [0.25, 0.3) is 0 Å². The van der Waals surface area contributed by atoms with Gasteiger partial charge in [0.2, 0.25) is 13.8 Å². The van der Waals surface area contributed by atoms with Crippen molar-refractivity contribution in [1.82, 2.24) is 5.09 Å². The fraction of sp³-hybridized carbons (Fsp3) is 0.111. The van der Waals surface area contributed by atoms with Gasteiger partial charge in [-0.25, -0.2) is 5.09 Å². The summed E-state index contributed by atoms with van der Waals surface area (Å²) >= 11 is 1.42. The van der Waals surface area contributed by atoms with Crippen LogP contribution in [-0.2, 0) is 4.57 Å². The highest BCUT2D eigenvalue weighted by Gasteiger charge is 2.33. The molecule has 0 saturated heterocycles. The van der Waals surface area contributed by atoms with E-state index in [2.05, 4.69) is 5.09 Å². The number of nitro groups is 1. The molecule has 0 spiro atoms. The van der Waals surface area contributed by atoms with E-state index in [4.69, 9.17) is 0 Å². The quantitative estimate of drug-likeness (QED) is 0.391. The monoisotopic (exact) mass is 372 g/mol. The summed E-state index contributed by atoms with van der Waals surface area (Å²) in [6.45, 7) is -0.329. The van der Waals surface area contributed by atoms with Crippen LogP contribution < -0.4 is 15.7 Å². The van der Waals surface area contributed by atoms with Crippen LogP contribution in [0.5, 0.6) is 0 Å². The summed E-state index contributed by atoms with van der Waals surface area (Å²) in [5, 5.41) is 17.4. The first-order valence-corrected chi connectivity index (χ1v) is 10.3. The van der Waals surface area contributed by atoms with Gasteiger partial charge in [0, 0.05) is 20.4 Å². The van der Waals surface area contributed by atoms with Gasteiger partial charge in [0.25, 0.3) is 0 Å². The van der Waals surface area contributed by atoms with Gasteiger partial charge >= 0.3 is 0 Å². The Hall–Kier alpha value is -2.27. The Morgan fingerprint density at radius 3 is 1.96 bits per heavy atom. The van der Waals surface area contributed by atoms with E-state index in [-0.39, 0.29) is 11.5 Å². The molecule has 1 N–H and O–H groups in total. The fourth-order valence-electron chi connectivity index (χ4n) is 2.63. The maximum absolute atomic E-state index is 14.0. The Morgan fingerprint density at radius 1 is 0.960 bits per heavy atom. The highest BCUT2D eigenvalue weighted by atomic mass is 32.1. The molecule has 128 valence electrons. The zero-order chi connectivity index (χ0) is 17.7. The van der Waals surface area contributed by atoms with Crippen molar-refractivity contribution < 1.29 is 9.49 Å². The first-order chi connectivity index (χ1) is 12.1. The Labute approximate surface area is 149 Å². The van der Waals surface area contributed by atoms with Crippen LogP contribution in [0.15, 0.2) is 78.2 Å². The van der Waals surface area contributed by atoms with Gasteiger partial charge in [0.05, 0.1) is 0 Å². The van der Waals surface area contributed by atoms with Gasteiger partial charge in [0.15, 0.2) is 0 Å². The Morgan fingerprint density at radius 2 is 1.52 bits per heavy atom. The van der Waals surface area contributed by atoms with Crippen LogP contribution >= 0.6 is 18.6 Å². The predicted molar refractivity (Wildman–Crippen MR) is 102 cm³/mol. The zero-order valence-electron chi connectivity index (χ0n) is 13.3. The lowest BCUT2D eigenvalue weighted by Crippen LogP contribution is -2.33. The Bertz CT molecular complexity index is 826. The van der Waals surface area contributed by atoms with Gasteiger partial charge in [-0.1, -0.05) is 42.5 Å². The van der Waals surface area contributed by atoms with Gasteiger partial charge in [-0.05, 0) is 35.7 Å². The molecule has 0 amide bonds. The molecule has 0 aliphatic heterocycles. The van der Waals surface area contributed by atoms with Gasteiger partial charge < -0.3 is 0 Å². The molecule has 0 fully saturated rings. The van der Waals surface area contributed by atoms with Gasteiger partial charge in [-0.3, -0.25) is 14.7 Å². The second kappa shape index (κ2) is 7.74. The smallest absolute Gasteiger partial charge is 0.224 e. The summed E-state index contributed by atoms with van der Waals surface area (Å²) in [5.41, 5.74) is 0. The summed E-state index contributed by atoms with van der Waals surface area (Å²) in [5.74, 6) is 0. The molecule has 0 aliphatic rings. The number of thiophene rings is 1. The molecule has 1 atom stereocenters. The minimum atomic E-state index is -3.23. The molecule has 2 aromatic carbocycles. The largest absolute Gasteiger partial charge is 0.296 e. The molecule has 7 heteroatoms. The normalized spacial score (nSPS) is 12.6. The number of rotatable bonds is 7. The predicted octanol–water partition coefficient (Wildman–Crippen LogP) is 3.58. The molecule has 1 heterocycles. The molecule has 0 aliphatic carbocycles. The molecule has 0 saturated carbocycles. The lowest BCUT2D eigenvalue weighted by molar-refractivity contribution is -0.483. The number of nitrogens with zero attached hydrogens (tertiary/aromatic N) is 1. The molecular weight excluding hydrogens is 355 g/mol. The highest BCUT2D eigenvalue weighted by Crippen LogP contribution is 2.42. The van der Waals surface area contributed by atoms with E-state index >= 15 is 0 Å². The van der Waals surface area contributed by atoms with Crippen molar-refractivity contribution in [2.24, 2.45) is 0 Å². The Kier molecular flexibility index (Phi) is 5.43. The number of nitrogens with one attached hydrogen (secondary N) is 1. The maximum Gasteiger partial charge on any atom is 0.224 e. The summed E-state index contributed by atoms with van der Waals surface area (Å²) in [4.78, 5) is 11.6. The van der Waals surface area contributed by atoms with Crippen molar-refractivity contribution in [1.29, 1.82) is 0 Å². The second-order valence-corrected chi connectivity index (χ2v) is 8.98. The summed E-state index contributed by atoms with van der Waals surface area (Å²) in [6, 6.07) is 21.2. The van der Waals surface area contributed by atoms with Gasteiger partial charge in [-0.2, -0.15) is 0 Å². The number of hydrogen-bond donors (Lipinski definition) is 1. The Balaban J connectivity index is 2.05. The van der Waals surface area contributed by atoms with Crippen LogP contribution in [0, 0.1) is 10.1 Å². The number of benzene rings is 2.